The maximum absolute atomic E-state index is 13.2. The van der Waals surface area contributed by atoms with Crippen molar-refractivity contribution in [3.8, 4) is 16.9 Å². The summed E-state index contributed by atoms with van der Waals surface area (Å²) in [5.74, 6) is 0.482. The fourth-order valence-corrected chi connectivity index (χ4v) is 1.84. The van der Waals surface area contributed by atoms with Crippen molar-refractivity contribution in [3.63, 3.8) is 0 Å². The first-order valence-electron chi connectivity index (χ1n) is 5.29. The summed E-state index contributed by atoms with van der Waals surface area (Å²) in [5, 5.41) is 3.95. The number of alkyl halides is 2. The van der Waals surface area contributed by atoms with Crippen molar-refractivity contribution in [1.29, 1.82) is 0 Å². The molecule has 1 aromatic heterocycles. The number of ether oxygens (including phenoxy) is 1. The minimum absolute atomic E-state index is 0.144. The SMILES string of the molecule is COc1cccc(-c2cnn(C)c2N)c1C(F)F. The molecule has 0 atom stereocenters. The van der Waals surface area contributed by atoms with Gasteiger partial charge in [0.25, 0.3) is 6.43 Å². The predicted octanol–water partition coefficient (Wildman–Crippen LogP) is 2.62. The fraction of sp³-hybridized carbons (Fsp3) is 0.250. The van der Waals surface area contributed by atoms with Crippen LogP contribution >= 0.6 is 0 Å². The lowest BCUT2D eigenvalue weighted by atomic mass is 10.0. The summed E-state index contributed by atoms with van der Waals surface area (Å²) >= 11 is 0. The normalized spacial score (nSPS) is 10.9. The molecule has 96 valence electrons. The number of aromatic nitrogens is 2. The fourth-order valence-electron chi connectivity index (χ4n) is 1.84. The second-order valence-corrected chi connectivity index (χ2v) is 3.79. The first-order chi connectivity index (χ1) is 8.56. The van der Waals surface area contributed by atoms with Gasteiger partial charge in [0.05, 0.1) is 18.9 Å². The first kappa shape index (κ1) is 12.3. The highest BCUT2D eigenvalue weighted by molar-refractivity contribution is 5.78. The molecule has 0 fully saturated rings. The van der Waals surface area contributed by atoms with Gasteiger partial charge in [-0.25, -0.2) is 8.78 Å². The van der Waals surface area contributed by atoms with Crippen LogP contribution in [0.3, 0.4) is 0 Å². The Hall–Kier alpha value is -2.11. The van der Waals surface area contributed by atoms with Gasteiger partial charge in [0.2, 0.25) is 0 Å². The number of benzene rings is 1. The van der Waals surface area contributed by atoms with E-state index in [4.69, 9.17) is 10.5 Å². The largest absolute Gasteiger partial charge is 0.496 e. The van der Waals surface area contributed by atoms with Gasteiger partial charge in [-0.05, 0) is 11.6 Å². The summed E-state index contributed by atoms with van der Waals surface area (Å²) in [7, 11) is 3.01. The van der Waals surface area contributed by atoms with Crippen molar-refractivity contribution in [1.82, 2.24) is 9.78 Å². The second-order valence-electron chi connectivity index (χ2n) is 3.79. The molecule has 0 bridgehead atoms. The Balaban J connectivity index is 2.67. The highest BCUT2D eigenvalue weighted by atomic mass is 19.3. The van der Waals surface area contributed by atoms with Crippen molar-refractivity contribution in [2.24, 2.45) is 7.05 Å². The monoisotopic (exact) mass is 253 g/mol. The zero-order valence-electron chi connectivity index (χ0n) is 10.0. The maximum Gasteiger partial charge on any atom is 0.268 e. The van der Waals surface area contributed by atoms with Crippen LogP contribution in [0, 0.1) is 0 Å². The Morgan fingerprint density at radius 1 is 1.33 bits per heavy atom. The molecule has 1 heterocycles. The van der Waals surface area contributed by atoms with Gasteiger partial charge in [-0.1, -0.05) is 12.1 Å². The molecule has 0 saturated heterocycles. The second kappa shape index (κ2) is 4.64. The van der Waals surface area contributed by atoms with Crippen molar-refractivity contribution in [2.45, 2.75) is 6.43 Å². The summed E-state index contributed by atoms with van der Waals surface area (Å²) in [6, 6.07) is 4.72. The molecule has 0 aliphatic rings. The number of halogens is 2. The van der Waals surface area contributed by atoms with Gasteiger partial charge in [-0.3, -0.25) is 4.68 Å². The number of nitrogens with zero attached hydrogens (tertiary/aromatic N) is 2. The Bertz CT molecular complexity index is 566. The Morgan fingerprint density at radius 3 is 2.56 bits per heavy atom. The van der Waals surface area contributed by atoms with Gasteiger partial charge < -0.3 is 10.5 Å². The van der Waals surface area contributed by atoms with Crippen molar-refractivity contribution in [3.05, 3.63) is 30.0 Å². The van der Waals surface area contributed by atoms with Crippen molar-refractivity contribution >= 4 is 5.82 Å². The summed E-state index contributed by atoms with van der Waals surface area (Å²) in [5.41, 5.74) is 6.46. The lowest BCUT2D eigenvalue weighted by Gasteiger charge is -2.12. The van der Waals surface area contributed by atoms with Crippen LogP contribution in [0.4, 0.5) is 14.6 Å². The molecule has 0 amide bonds. The molecule has 0 saturated carbocycles. The van der Waals surface area contributed by atoms with Gasteiger partial charge >= 0.3 is 0 Å². The number of methoxy groups -OCH3 is 1. The Morgan fingerprint density at radius 2 is 2.06 bits per heavy atom. The minimum Gasteiger partial charge on any atom is -0.496 e. The molecular formula is C12H13F2N3O. The molecule has 2 aromatic rings. The van der Waals surface area contributed by atoms with E-state index in [0.717, 1.165) is 0 Å². The van der Waals surface area contributed by atoms with E-state index in [1.807, 2.05) is 0 Å². The molecule has 0 unspecified atom stereocenters. The molecule has 18 heavy (non-hydrogen) atoms. The van der Waals surface area contributed by atoms with E-state index < -0.39 is 6.43 Å². The smallest absolute Gasteiger partial charge is 0.268 e. The standard InChI is InChI=1S/C12H13F2N3O/c1-17-12(15)8(6-16-17)7-4-3-5-9(18-2)10(7)11(13)14/h3-6,11H,15H2,1-2H3. The van der Waals surface area contributed by atoms with E-state index in [1.54, 1.807) is 19.2 Å². The number of nitrogen functional groups attached to an aromatic ring is 1. The number of nitrogens with two attached hydrogens (primary N) is 1. The van der Waals surface area contributed by atoms with Crippen LogP contribution in [0.25, 0.3) is 11.1 Å². The predicted molar refractivity (Wildman–Crippen MR) is 64.6 cm³/mol. The molecule has 6 heteroatoms. The third-order valence-electron chi connectivity index (χ3n) is 2.78. The third kappa shape index (κ3) is 1.90. The Labute approximate surface area is 103 Å². The molecule has 2 N–H and O–H groups in total. The summed E-state index contributed by atoms with van der Waals surface area (Å²) < 4.78 is 32.7. The van der Waals surface area contributed by atoms with Crippen molar-refractivity contribution in [2.75, 3.05) is 12.8 Å². The molecular weight excluding hydrogens is 240 g/mol. The van der Waals surface area contributed by atoms with E-state index in [-0.39, 0.29) is 11.3 Å². The van der Waals surface area contributed by atoms with Gasteiger partial charge in [-0.2, -0.15) is 5.10 Å². The van der Waals surface area contributed by atoms with Crippen LogP contribution in [0.2, 0.25) is 0 Å². The highest BCUT2D eigenvalue weighted by Crippen LogP contribution is 2.39. The average Bonchev–Trinajstić information content (AvgIpc) is 2.69. The van der Waals surface area contributed by atoms with E-state index in [0.29, 0.717) is 16.9 Å². The molecule has 2 rings (SSSR count). The molecule has 0 radical (unpaired) electrons. The van der Waals surface area contributed by atoms with Gasteiger partial charge in [0.1, 0.15) is 11.6 Å². The number of anilines is 1. The number of rotatable bonds is 3. The minimum atomic E-state index is -2.64. The van der Waals surface area contributed by atoms with Crippen LogP contribution in [0.5, 0.6) is 5.75 Å². The summed E-state index contributed by atoms with van der Waals surface area (Å²) in [6.07, 6.45) is -1.17. The van der Waals surface area contributed by atoms with E-state index in [1.165, 1.54) is 24.1 Å². The molecule has 0 aliphatic carbocycles. The van der Waals surface area contributed by atoms with Crippen LogP contribution in [-0.2, 0) is 7.05 Å². The number of aryl methyl sites for hydroxylation is 1. The molecule has 1 aromatic carbocycles. The average molecular weight is 253 g/mol. The number of hydrogen-bond acceptors (Lipinski definition) is 3. The lowest BCUT2D eigenvalue weighted by Crippen LogP contribution is -2.00. The quantitative estimate of drug-likeness (QED) is 0.914. The van der Waals surface area contributed by atoms with E-state index in [2.05, 4.69) is 5.10 Å². The zero-order valence-corrected chi connectivity index (χ0v) is 10.0. The Kier molecular flexibility index (Phi) is 3.18. The topological polar surface area (TPSA) is 53.1 Å². The van der Waals surface area contributed by atoms with Crippen LogP contribution in [0.1, 0.15) is 12.0 Å². The van der Waals surface area contributed by atoms with Gasteiger partial charge in [-0.15, -0.1) is 0 Å². The molecule has 0 aliphatic heterocycles. The van der Waals surface area contributed by atoms with E-state index in [9.17, 15) is 8.78 Å². The van der Waals surface area contributed by atoms with Crippen LogP contribution < -0.4 is 10.5 Å². The van der Waals surface area contributed by atoms with Gasteiger partial charge in [0, 0.05) is 12.6 Å². The molecule has 4 nitrogen and oxygen atoms in total. The maximum atomic E-state index is 13.2. The van der Waals surface area contributed by atoms with Gasteiger partial charge in [0.15, 0.2) is 0 Å². The van der Waals surface area contributed by atoms with E-state index >= 15 is 0 Å². The van der Waals surface area contributed by atoms with Crippen molar-refractivity contribution < 1.29 is 13.5 Å². The third-order valence-corrected chi connectivity index (χ3v) is 2.78. The van der Waals surface area contributed by atoms with Crippen LogP contribution in [-0.4, -0.2) is 16.9 Å². The lowest BCUT2D eigenvalue weighted by molar-refractivity contribution is 0.148. The highest BCUT2D eigenvalue weighted by Gasteiger charge is 2.21. The zero-order chi connectivity index (χ0) is 13.3. The summed E-state index contributed by atoms with van der Waals surface area (Å²) in [6.45, 7) is 0. The number of hydrogen-bond donors (Lipinski definition) is 1. The first-order valence-corrected chi connectivity index (χ1v) is 5.29. The van der Waals surface area contributed by atoms with Crippen LogP contribution in [0.15, 0.2) is 24.4 Å². The summed E-state index contributed by atoms with van der Waals surface area (Å²) in [4.78, 5) is 0. The molecule has 0 spiro atoms.